The molecule has 9 heteroatoms. The molecular weight excluding hydrogens is 265 g/mol. The Labute approximate surface area is 98.4 Å². The zero-order valence-electron chi connectivity index (χ0n) is 9.17. The van der Waals surface area contributed by atoms with Gasteiger partial charge in [0.2, 0.25) is 5.91 Å². The number of carboxylic acids is 1. The van der Waals surface area contributed by atoms with E-state index in [0.717, 1.165) is 6.92 Å². The predicted molar refractivity (Wildman–Crippen MR) is 47.9 cm³/mol. The van der Waals surface area contributed by atoms with E-state index in [1.165, 1.54) is 0 Å². The molecule has 0 radical (unpaired) electrons. The van der Waals surface area contributed by atoms with E-state index in [-0.39, 0.29) is 0 Å². The molecule has 0 aromatic carbocycles. The summed E-state index contributed by atoms with van der Waals surface area (Å²) in [6.45, 7) is 0.493. The van der Waals surface area contributed by atoms with Gasteiger partial charge in [0, 0.05) is 13.5 Å². The molecule has 0 aromatic rings. The van der Waals surface area contributed by atoms with Crippen LogP contribution in [-0.4, -0.2) is 46.6 Å². The lowest BCUT2D eigenvalue weighted by Crippen LogP contribution is -2.52. The Balaban J connectivity index is 3.11. The van der Waals surface area contributed by atoms with Crippen LogP contribution in [0.5, 0.6) is 0 Å². The lowest BCUT2D eigenvalue weighted by atomic mass is 9.92. The molecule has 0 bridgehead atoms. The Kier molecular flexibility index (Phi) is 3.55. The van der Waals surface area contributed by atoms with Gasteiger partial charge in [0.15, 0.2) is 0 Å². The lowest BCUT2D eigenvalue weighted by Gasteiger charge is -2.30. The number of carboxylic acid groups (broad SMARTS) is 1. The first-order chi connectivity index (χ1) is 8.00. The molecule has 0 aliphatic carbocycles. The summed E-state index contributed by atoms with van der Waals surface area (Å²) in [5.74, 6) is -10.3. The fourth-order valence-corrected chi connectivity index (χ4v) is 2.04. The van der Waals surface area contributed by atoms with Gasteiger partial charge < -0.3 is 10.0 Å². The number of likely N-dealkylation sites (tertiary alicyclic amines) is 1. The summed E-state index contributed by atoms with van der Waals surface area (Å²) in [6.07, 6.45) is -6.54. The topological polar surface area (TPSA) is 57.6 Å². The quantitative estimate of drug-likeness (QED) is 0.777. The molecule has 1 heterocycles. The molecule has 1 amide bonds. The van der Waals surface area contributed by atoms with E-state index >= 15 is 0 Å². The van der Waals surface area contributed by atoms with Crippen molar-refractivity contribution in [2.45, 2.75) is 31.5 Å². The van der Waals surface area contributed by atoms with Gasteiger partial charge >= 0.3 is 18.1 Å². The molecule has 104 valence electrons. The smallest absolute Gasteiger partial charge is 0.453 e. The lowest BCUT2D eigenvalue weighted by molar-refractivity contribution is -0.304. The van der Waals surface area contributed by atoms with Crippen molar-refractivity contribution in [2.75, 3.05) is 6.54 Å². The number of hydrogen-bond acceptors (Lipinski definition) is 2. The molecule has 4 nitrogen and oxygen atoms in total. The van der Waals surface area contributed by atoms with Crippen molar-refractivity contribution in [1.29, 1.82) is 0 Å². The summed E-state index contributed by atoms with van der Waals surface area (Å²) in [5.41, 5.74) is 0. The average Bonchev–Trinajstić information content (AvgIpc) is 2.59. The second-order valence-electron chi connectivity index (χ2n) is 4.01. The molecule has 1 saturated heterocycles. The van der Waals surface area contributed by atoms with E-state index in [4.69, 9.17) is 5.11 Å². The van der Waals surface area contributed by atoms with E-state index < -0.39 is 48.9 Å². The highest BCUT2D eigenvalue weighted by Crippen LogP contribution is 2.47. The Morgan fingerprint density at radius 1 is 1.22 bits per heavy atom. The average molecular weight is 275 g/mol. The van der Waals surface area contributed by atoms with Crippen LogP contribution in [0.4, 0.5) is 22.0 Å². The number of halogens is 5. The van der Waals surface area contributed by atoms with Crippen LogP contribution in [0, 0.1) is 5.92 Å². The summed E-state index contributed by atoms with van der Waals surface area (Å²) in [6, 6.07) is -2.15. The van der Waals surface area contributed by atoms with Crippen LogP contribution in [0.3, 0.4) is 0 Å². The summed E-state index contributed by atoms with van der Waals surface area (Å²) in [4.78, 5) is 22.3. The van der Waals surface area contributed by atoms with Crippen LogP contribution in [0.15, 0.2) is 0 Å². The maximum Gasteiger partial charge on any atom is 0.453 e. The van der Waals surface area contributed by atoms with Gasteiger partial charge in [0.1, 0.15) is 6.04 Å². The fraction of sp³-hybridized carbons (Fsp3) is 0.778. The molecule has 1 fully saturated rings. The van der Waals surface area contributed by atoms with E-state index in [9.17, 15) is 31.5 Å². The number of nitrogens with zero attached hydrogens (tertiary/aromatic N) is 1. The Hall–Kier alpha value is -1.41. The zero-order chi connectivity index (χ0) is 14.3. The van der Waals surface area contributed by atoms with E-state index in [1.54, 1.807) is 0 Å². The Morgan fingerprint density at radius 3 is 2.06 bits per heavy atom. The third-order valence-corrected chi connectivity index (χ3v) is 2.90. The highest BCUT2D eigenvalue weighted by molar-refractivity contribution is 5.83. The largest absolute Gasteiger partial charge is 0.480 e. The molecule has 1 N–H and O–H groups in total. The second kappa shape index (κ2) is 4.36. The van der Waals surface area contributed by atoms with E-state index in [1.807, 2.05) is 0 Å². The Morgan fingerprint density at radius 2 is 1.72 bits per heavy atom. The van der Waals surface area contributed by atoms with Gasteiger partial charge in [-0.1, -0.05) is 0 Å². The number of carbonyl (C=O) groups is 2. The van der Waals surface area contributed by atoms with Crippen molar-refractivity contribution in [3.8, 4) is 0 Å². The van der Waals surface area contributed by atoms with Crippen molar-refractivity contribution in [2.24, 2.45) is 5.92 Å². The first-order valence-electron chi connectivity index (χ1n) is 4.94. The minimum absolute atomic E-state index is 0.428. The van der Waals surface area contributed by atoms with Crippen LogP contribution in [0.1, 0.15) is 13.3 Å². The van der Waals surface area contributed by atoms with Crippen molar-refractivity contribution < 1.29 is 36.6 Å². The maximum absolute atomic E-state index is 13.2. The molecule has 1 aliphatic rings. The third-order valence-electron chi connectivity index (χ3n) is 2.90. The third kappa shape index (κ3) is 2.25. The molecule has 0 unspecified atom stereocenters. The van der Waals surface area contributed by atoms with Crippen molar-refractivity contribution >= 4 is 11.9 Å². The van der Waals surface area contributed by atoms with Crippen LogP contribution in [0.2, 0.25) is 0 Å². The minimum atomic E-state index is -5.84. The molecule has 0 aromatic heterocycles. The highest BCUT2D eigenvalue weighted by atomic mass is 19.4. The number of rotatable bonds is 2. The predicted octanol–water partition coefficient (Wildman–Crippen LogP) is 1.51. The first kappa shape index (κ1) is 14.7. The molecule has 1 aliphatic heterocycles. The number of alkyl halides is 5. The summed E-state index contributed by atoms with van der Waals surface area (Å²) < 4.78 is 62.9. The standard InChI is InChI=1S/C9H10F5NO3/c1-4(16)15-3-2-5(6(15)7(17)18)8(10,11)9(12,13)14/h5-6H,2-3H2,1H3,(H,17,18)/t5-,6-/m1/s1. The van der Waals surface area contributed by atoms with Crippen LogP contribution in [-0.2, 0) is 9.59 Å². The number of carbonyl (C=O) groups excluding carboxylic acids is 1. The van der Waals surface area contributed by atoms with Crippen molar-refractivity contribution in [3.05, 3.63) is 0 Å². The molecule has 2 atom stereocenters. The van der Waals surface area contributed by atoms with Crippen LogP contribution in [0.25, 0.3) is 0 Å². The van der Waals surface area contributed by atoms with Gasteiger partial charge in [0.05, 0.1) is 5.92 Å². The van der Waals surface area contributed by atoms with E-state index in [2.05, 4.69) is 0 Å². The van der Waals surface area contributed by atoms with Gasteiger partial charge in [-0.2, -0.15) is 22.0 Å². The molecule has 1 rings (SSSR count). The number of hydrogen-bond donors (Lipinski definition) is 1. The van der Waals surface area contributed by atoms with Crippen molar-refractivity contribution in [1.82, 2.24) is 4.90 Å². The molecule has 0 spiro atoms. The highest BCUT2D eigenvalue weighted by Gasteiger charge is 2.67. The number of amides is 1. The molecule has 0 saturated carbocycles. The van der Waals surface area contributed by atoms with Gasteiger partial charge in [0.25, 0.3) is 0 Å². The fourth-order valence-electron chi connectivity index (χ4n) is 2.04. The summed E-state index contributed by atoms with van der Waals surface area (Å²) in [5, 5.41) is 8.74. The van der Waals surface area contributed by atoms with Gasteiger partial charge in [-0.3, -0.25) is 4.79 Å². The molecular formula is C9H10F5NO3. The van der Waals surface area contributed by atoms with Gasteiger partial charge in [-0.25, -0.2) is 4.79 Å². The van der Waals surface area contributed by atoms with Gasteiger partial charge in [-0.15, -0.1) is 0 Å². The minimum Gasteiger partial charge on any atom is -0.480 e. The maximum atomic E-state index is 13.2. The van der Waals surface area contributed by atoms with Crippen molar-refractivity contribution in [3.63, 3.8) is 0 Å². The summed E-state index contributed by atoms with van der Waals surface area (Å²) >= 11 is 0. The van der Waals surface area contributed by atoms with Crippen LogP contribution < -0.4 is 0 Å². The summed E-state index contributed by atoms with van der Waals surface area (Å²) in [7, 11) is 0. The van der Waals surface area contributed by atoms with Crippen LogP contribution >= 0.6 is 0 Å². The zero-order valence-corrected chi connectivity index (χ0v) is 9.17. The SMILES string of the molecule is CC(=O)N1CC[C@@H](C(F)(F)C(F)(F)F)[C@@H]1C(=O)O. The monoisotopic (exact) mass is 275 g/mol. The van der Waals surface area contributed by atoms with E-state index in [0.29, 0.717) is 4.90 Å². The second-order valence-corrected chi connectivity index (χ2v) is 4.01. The first-order valence-corrected chi connectivity index (χ1v) is 4.94. The number of aliphatic carboxylic acids is 1. The normalized spacial score (nSPS) is 25.3. The molecule has 18 heavy (non-hydrogen) atoms. The van der Waals surface area contributed by atoms with Gasteiger partial charge in [-0.05, 0) is 6.42 Å². The Bertz CT molecular complexity index is 368.